The first-order valence-electron chi connectivity index (χ1n) is 8.33. The molecule has 0 atom stereocenters. The van der Waals surface area contributed by atoms with Crippen LogP contribution in [0.5, 0.6) is 0 Å². The molecule has 0 bridgehead atoms. The van der Waals surface area contributed by atoms with Crippen LogP contribution in [0.25, 0.3) is 11.3 Å². The van der Waals surface area contributed by atoms with Crippen molar-refractivity contribution in [3.63, 3.8) is 0 Å². The van der Waals surface area contributed by atoms with Crippen molar-refractivity contribution in [1.29, 1.82) is 0 Å². The van der Waals surface area contributed by atoms with Crippen molar-refractivity contribution in [2.45, 2.75) is 32.0 Å². The Morgan fingerprint density at radius 3 is 2.58 bits per heavy atom. The number of carbonyl (C=O) groups excluding carboxylic acids is 1. The number of aryl methyl sites for hydroxylation is 1. The van der Waals surface area contributed by atoms with Crippen LogP contribution in [0.3, 0.4) is 0 Å². The average Bonchev–Trinajstić information content (AvgIpc) is 2.92. The van der Waals surface area contributed by atoms with Crippen molar-refractivity contribution in [1.82, 2.24) is 14.7 Å². The Bertz CT molecular complexity index is 860. The van der Waals surface area contributed by atoms with Crippen molar-refractivity contribution >= 4 is 6.41 Å². The Hall–Kier alpha value is -2.38. The number of nitrogens with zero attached hydrogens (tertiary/aromatic N) is 3. The molecule has 26 heavy (non-hydrogen) atoms. The predicted octanol–water partition coefficient (Wildman–Crippen LogP) is 3.81. The number of rotatable bonds is 3. The number of hydrogen-bond donors (Lipinski definition) is 0. The van der Waals surface area contributed by atoms with E-state index in [1.807, 2.05) is 0 Å². The summed E-state index contributed by atoms with van der Waals surface area (Å²) < 4.78 is 55.9. The standard InChI is InChI=1S/C18H17F4N3O/c1-11-2-3-15(19)13(4-11)16-14(18(20,21)22)7-25(23-16)12-5-17(6-12)8-24(9-17)10-26/h2-4,7,10,12H,5-6,8-9H2,1H3. The van der Waals surface area contributed by atoms with Gasteiger partial charge in [0.05, 0.1) is 6.04 Å². The van der Waals surface area contributed by atoms with Crippen LogP contribution >= 0.6 is 0 Å². The maximum absolute atomic E-state index is 14.1. The van der Waals surface area contributed by atoms with E-state index in [2.05, 4.69) is 5.10 Å². The van der Waals surface area contributed by atoms with E-state index in [4.69, 9.17) is 0 Å². The molecule has 4 nitrogen and oxygen atoms in total. The summed E-state index contributed by atoms with van der Waals surface area (Å²) in [6.07, 6.45) is -1.51. The predicted molar refractivity (Wildman–Crippen MR) is 85.7 cm³/mol. The van der Waals surface area contributed by atoms with E-state index in [9.17, 15) is 22.4 Å². The minimum Gasteiger partial charge on any atom is -0.344 e. The van der Waals surface area contributed by atoms with Gasteiger partial charge in [0, 0.05) is 30.3 Å². The Kier molecular flexibility index (Phi) is 3.65. The van der Waals surface area contributed by atoms with Crippen LogP contribution in [0.1, 0.15) is 30.0 Å². The molecule has 2 fully saturated rings. The van der Waals surface area contributed by atoms with Crippen LogP contribution in [0.15, 0.2) is 24.4 Å². The van der Waals surface area contributed by atoms with Gasteiger partial charge in [-0.2, -0.15) is 18.3 Å². The first-order valence-corrected chi connectivity index (χ1v) is 8.33. The lowest BCUT2D eigenvalue weighted by molar-refractivity contribution is -0.141. The lowest BCUT2D eigenvalue weighted by Gasteiger charge is -2.57. The lowest BCUT2D eigenvalue weighted by Crippen LogP contribution is -2.61. The first kappa shape index (κ1) is 17.1. The van der Waals surface area contributed by atoms with Crippen LogP contribution in [0.2, 0.25) is 0 Å². The van der Waals surface area contributed by atoms with Gasteiger partial charge in [-0.1, -0.05) is 11.6 Å². The van der Waals surface area contributed by atoms with Crippen LogP contribution < -0.4 is 0 Å². The zero-order valence-electron chi connectivity index (χ0n) is 14.1. The summed E-state index contributed by atoms with van der Waals surface area (Å²) in [7, 11) is 0. The average molecular weight is 367 g/mol. The third-order valence-electron chi connectivity index (χ3n) is 5.35. The SMILES string of the molecule is Cc1ccc(F)c(-c2nn(C3CC4(C3)CN(C=O)C4)cc2C(F)(F)F)c1. The van der Waals surface area contributed by atoms with Gasteiger partial charge in [0.15, 0.2) is 0 Å². The second kappa shape index (κ2) is 5.56. The molecule has 1 spiro atoms. The Morgan fingerprint density at radius 2 is 1.96 bits per heavy atom. The molecule has 2 aliphatic rings. The highest BCUT2D eigenvalue weighted by molar-refractivity contribution is 5.65. The number of amides is 1. The van der Waals surface area contributed by atoms with Gasteiger partial charge in [0.2, 0.25) is 6.41 Å². The van der Waals surface area contributed by atoms with Gasteiger partial charge >= 0.3 is 6.18 Å². The quantitative estimate of drug-likeness (QED) is 0.611. The Morgan fingerprint density at radius 1 is 1.27 bits per heavy atom. The maximum atomic E-state index is 14.1. The zero-order valence-corrected chi connectivity index (χ0v) is 14.1. The molecule has 1 aliphatic carbocycles. The highest BCUT2D eigenvalue weighted by Gasteiger charge is 2.53. The topological polar surface area (TPSA) is 38.1 Å². The van der Waals surface area contributed by atoms with E-state index in [1.165, 1.54) is 16.8 Å². The Balaban J connectivity index is 1.66. The van der Waals surface area contributed by atoms with Gasteiger partial charge in [0.1, 0.15) is 17.1 Å². The van der Waals surface area contributed by atoms with Gasteiger partial charge in [-0.25, -0.2) is 4.39 Å². The van der Waals surface area contributed by atoms with Crippen molar-refractivity contribution in [3.05, 3.63) is 41.3 Å². The summed E-state index contributed by atoms with van der Waals surface area (Å²) >= 11 is 0. The highest BCUT2D eigenvalue weighted by Crippen LogP contribution is 2.54. The molecule has 4 rings (SSSR count). The molecular formula is C18H17F4N3O. The largest absolute Gasteiger partial charge is 0.420 e. The molecule has 138 valence electrons. The number of benzene rings is 1. The second-order valence-electron chi connectivity index (χ2n) is 7.42. The normalized spacial score (nSPS) is 19.3. The van der Waals surface area contributed by atoms with Crippen LogP contribution in [-0.4, -0.2) is 34.2 Å². The number of hydrogen-bond acceptors (Lipinski definition) is 2. The van der Waals surface area contributed by atoms with Gasteiger partial charge in [0.25, 0.3) is 0 Å². The molecule has 8 heteroatoms. The fourth-order valence-electron chi connectivity index (χ4n) is 4.08. The minimum atomic E-state index is -4.62. The monoisotopic (exact) mass is 367 g/mol. The number of carbonyl (C=O) groups is 1. The smallest absolute Gasteiger partial charge is 0.344 e. The summed E-state index contributed by atoms with van der Waals surface area (Å²) in [6, 6.07) is 3.89. The molecule has 1 amide bonds. The molecule has 1 aromatic carbocycles. The fraction of sp³-hybridized carbons (Fsp3) is 0.444. The van der Waals surface area contributed by atoms with Crippen molar-refractivity contribution in [2.24, 2.45) is 5.41 Å². The van der Waals surface area contributed by atoms with Crippen molar-refractivity contribution < 1.29 is 22.4 Å². The molecule has 2 heterocycles. The fourth-order valence-corrected chi connectivity index (χ4v) is 4.08. The number of alkyl halides is 3. The van der Waals surface area contributed by atoms with Gasteiger partial charge < -0.3 is 4.90 Å². The van der Waals surface area contributed by atoms with Crippen LogP contribution in [-0.2, 0) is 11.0 Å². The van der Waals surface area contributed by atoms with E-state index in [-0.39, 0.29) is 22.7 Å². The minimum absolute atomic E-state index is 0.00463. The molecule has 1 aromatic heterocycles. The Labute approximate surface area is 147 Å². The molecule has 0 radical (unpaired) electrons. The molecule has 1 saturated heterocycles. The number of likely N-dealkylation sites (tertiary alicyclic amines) is 1. The van der Waals surface area contributed by atoms with Crippen molar-refractivity contribution in [2.75, 3.05) is 13.1 Å². The molecule has 2 aromatic rings. The molecule has 0 unspecified atom stereocenters. The van der Waals surface area contributed by atoms with Crippen molar-refractivity contribution in [3.8, 4) is 11.3 Å². The zero-order chi connectivity index (χ0) is 18.7. The van der Waals surface area contributed by atoms with Crippen LogP contribution in [0.4, 0.5) is 17.6 Å². The van der Waals surface area contributed by atoms with Gasteiger partial charge in [-0.3, -0.25) is 9.48 Å². The van der Waals surface area contributed by atoms with E-state index < -0.39 is 17.6 Å². The highest BCUT2D eigenvalue weighted by atomic mass is 19.4. The maximum Gasteiger partial charge on any atom is 0.420 e. The first-order chi connectivity index (χ1) is 12.2. The second-order valence-corrected chi connectivity index (χ2v) is 7.42. The van der Waals surface area contributed by atoms with Gasteiger partial charge in [-0.05, 0) is 31.9 Å². The van der Waals surface area contributed by atoms with E-state index in [0.29, 0.717) is 31.5 Å². The van der Waals surface area contributed by atoms with Gasteiger partial charge in [-0.15, -0.1) is 0 Å². The third kappa shape index (κ3) is 2.68. The lowest BCUT2D eigenvalue weighted by atomic mass is 9.61. The number of aromatic nitrogens is 2. The molecule has 1 aliphatic heterocycles. The van der Waals surface area contributed by atoms with E-state index >= 15 is 0 Å². The summed E-state index contributed by atoms with van der Waals surface area (Å²) in [4.78, 5) is 12.3. The number of halogens is 4. The summed E-state index contributed by atoms with van der Waals surface area (Å²) in [5.74, 6) is -0.725. The summed E-state index contributed by atoms with van der Waals surface area (Å²) in [5, 5.41) is 4.11. The van der Waals surface area contributed by atoms with E-state index in [1.54, 1.807) is 11.8 Å². The van der Waals surface area contributed by atoms with E-state index in [0.717, 1.165) is 18.7 Å². The van der Waals surface area contributed by atoms with Crippen LogP contribution in [0, 0.1) is 18.2 Å². The third-order valence-corrected chi connectivity index (χ3v) is 5.35. The molecular weight excluding hydrogens is 350 g/mol. The summed E-state index contributed by atoms with van der Waals surface area (Å²) in [5.41, 5.74) is -0.769. The molecule has 0 N–H and O–H groups in total. The summed E-state index contributed by atoms with van der Waals surface area (Å²) in [6.45, 7) is 2.97. The molecule has 1 saturated carbocycles.